The number of hydrogen-bond acceptors (Lipinski definition) is 2. The molecule has 0 atom stereocenters. The van der Waals surface area contributed by atoms with Crippen molar-refractivity contribution >= 4 is 14.5 Å². The van der Waals surface area contributed by atoms with E-state index in [-0.39, 0.29) is 24.9 Å². The summed E-state index contributed by atoms with van der Waals surface area (Å²) in [5, 5.41) is 17.1. The summed E-state index contributed by atoms with van der Waals surface area (Å²) in [6.45, 7) is 0. The molecule has 0 aromatic carbocycles. The summed E-state index contributed by atoms with van der Waals surface area (Å²) >= 11 is 0.00405. The molecule has 7 heavy (non-hydrogen) atoms. The van der Waals surface area contributed by atoms with Crippen molar-refractivity contribution in [2.45, 2.75) is 0 Å². The minimum atomic E-state index is 0.00405. The number of rotatable bonds is 0. The minimum absolute atomic E-state index is 0.00405. The number of aromatic hydroxyl groups is 2. The molecule has 1 aromatic heterocycles. The van der Waals surface area contributed by atoms with Gasteiger partial charge in [0.05, 0.1) is 0 Å². The van der Waals surface area contributed by atoms with Crippen LogP contribution < -0.4 is 0 Å². The van der Waals surface area contributed by atoms with Gasteiger partial charge in [0.1, 0.15) is 0 Å². The maximum atomic E-state index is 8.59. The van der Waals surface area contributed by atoms with Crippen molar-refractivity contribution < 1.29 is 10.2 Å². The number of hydrogen-bond donors (Lipinski definition) is 2. The molecule has 0 aliphatic heterocycles. The van der Waals surface area contributed by atoms with Crippen LogP contribution in [0.1, 0.15) is 0 Å². The van der Waals surface area contributed by atoms with Crippen molar-refractivity contribution in [2.75, 3.05) is 0 Å². The van der Waals surface area contributed by atoms with E-state index in [1.54, 1.807) is 4.94 Å². The van der Waals surface area contributed by atoms with Crippen LogP contribution in [0, 0.1) is 0 Å². The molecule has 2 N–H and O–H groups in total. The average molecular weight is 163 g/mol. The van der Waals surface area contributed by atoms with Crippen LogP contribution in [0.25, 0.3) is 0 Å². The molecule has 0 fully saturated rings. The van der Waals surface area contributed by atoms with Crippen LogP contribution >= 0.6 is 0 Å². The molecule has 1 aromatic rings. The van der Waals surface area contributed by atoms with Crippen molar-refractivity contribution in [3.63, 3.8) is 0 Å². The first-order valence-electron chi connectivity index (χ1n) is 1.76. The van der Waals surface area contributed by atoms with Gasteiger partial charge in [0.25, 0.3) is 0 Å². The van der Waals surface area contributed by atoms with Crippen molar-refractivity contribution in [3.05, 3.63) is 11.0 Å². The van der Waals surface area contributed by atoms with Crippen molar-refractivity contribution in [2.24, 2.45) is 0 Å². The van der Waals surface area contributed by atoms with Gasteiger partial charge in [-0.1, -0.05) is 0 Å². The molecule has 0 aliphatic rings. The van der Waals surface area contributed by atoms with E-state index in [1.807, 2.05) is 0 Å². The molecule has 0 amide bonds. The van der Waals surface area contributed by atoms with Crippen LogP contribution in [0.3, 0.4) is 0 Å². The van der Waals surface area contributed by atoms with E-state index in [9.17, 15) is 0 Å². The molecule has 2 nitrogen and oxygen atoms in total. The van der Waals surface area contributed by atoms with Crippen molar-refractivity contribution in [1.82, 2.24) is 0 Å². The summed E-state index contributed by atoms with van der Waals surface area (Å²) in [5.74, 6) is 0.0278. The van der Waals surface area contributed by atoms with Crippen LogP contribution in [0.4, 0.5) is 0 Å². The molecule has 0 bridgehead atoms. The Balaban J connectivity index is 3.12. The molecule has 3 heteroatoms. The van der Waals surface area contributed by atoms with Gasteiger partial charge in [-0.15, -0.1) is 0 Å². The van der Waals surface area contributed by atoms with Gasteiger partial charge in [-0.05, 0) is 0 Å². The summed E-state index contributed by atoms with van der Waals surface area (Å²) in [5.41, 5.74) is 0. The van der Waals surface area contributed by atoms with E-state index in [1.165, 1.54) is 6.07 Å². The predicted octanol–water partition coefficient (Wildman–Crippen LogP) is 0.155. The van der Waals surface area contributed by atoms with Gasteiger partial charge in [-0.3, -0.25) is 0 Å². The zero-order chi connectivity index (χ0) is 5.28. The fourth-order valence-corrected chi connectivity index (χ4v) is 1.37. The Kier molecular flexibility index (Phi) is 1.09. The molecule has 0 spiro atoms. The van der Waals surface area contributed by atoms with Gasteiger partial charge in [0.15, 0.2) is 0 Å². The van der Waals surface area contributed by atoms with E-state index in [0.29, 0.717) is 0 Å². The van der Waals surface area contributed by atoms with E-state index in [4.69, 9.17) is 10.2 Å². The normalized spacial score (nSPS) is 9.14. The van der Waals surface area contributed by atoms with Gasteiger partial charge in [-0.2, -0.15) is 0 Å². The van der Waals surface area contributed by atoms with E-state index in [2.05, 4.69) is 0 Å². The average Bonchev–Trinajstić information content (AvgIpc) is 1.91. The summed E-state index contributed by atoms with van der Waals surface area (Å²) in [6.07, 6.45) is 0. The molecule has 0 unspecified atom stereocenters. The van der Waals surface area contributed by atoms with E-state index < -0.39 is 0 Å². The first kappa shape index (κ1) is 4.75. The Bertz CT molecular complexity index is 142. The van der Waals surface area contributed by atoms with Gasteiger partial charge < -0.3 is 0 Å². The molecule has 0 radical (unpaired) electrons. The van der Waals surface area contributed by atoms with Crippen LogP contribution in [0.2, 0.25) is 0 Å². The third-order valence-electron chi connectivity index (χ3n) is 0.625. The first-order valence-corrected chi connectivity index (χ1v) is 3.60. The molecular formula is C4H4O2Se. The molecule has 1 heterocycles. The summed E-state index contributed by atoms with van der Waals surface area (Å²) in [6, 6.07) is 1.51. The standard InChI is InChI=1S/C4H4O2Se/c5-3-1-2-7-4(3)6/h1-2,5-6H. The van der Waals surface area contributed by atoms with Gasteiger partial charge in [0, 0.05) is 0 Å². The first-order chi connectivity index (χ1) is 3.30. The Labute approximate surface area is 46.8 Å². The summed E-state index contributed by atoms with van der Waals surface area (Å²) in [4.78, 5) is 1.76. The Morgan fingerprint density at radius 2 is 2.14 bits per heavy atom. The van der Waals surface area contributed by atoms with Crippen molar-refractivity contribution in [3.8, 4) is 10.4 Å². The van der Waals surface area contributed by atoms with Gasteiger partial charge >= 0.3 is 46.1 Å². The zero-order valence-corrected chi connectivity index (χ0v) is 5.17. The predicted molar refractivity (Wildman–Crippen MR) is 26.7 cm³/mol. The Morgan fingerprint density at radius 1 is 1.43 bits per heavy atom. The van der Waals surface area contributed by atoms with E-state index >= 15 is 0 Å². The second kappa shape index (κ2) is 1.60. The fourth-order valence-electron chi connectivity index (χ4n) is 0.295. The van der Waals surface area contributed by atoms with Gasteiger partial charge in [0.2, 0.25) is 0 Å². The quantitative estimate of drug-likeness (QED) is 0.534. The monoisotopic (exact) mass is 164 g/mol. The van der Waals surface area contributed by atoms with Gasteiger partial charge in [-0.25, -0.2) is 0 Å². The van der Waals surface area contributed by atoms with E-state index in [0.717, 1.165) is 0 Å². The molecule has 0 aliphatic carbocycles. The molecule has 0 saturated heterocycles. The third-order valence-corrected chi connectivity index (χ3v) is 2.10. The Hall–Kier alpha value is -0.401. The topological polar surface area (TPSA) is 40.5 Å². The SMILES string of the molecule is Oc1cc[se]c1O. The molecule has 1 rings (SSSR count). The molecule has 38 valence electrons. The van der Waals surface area contributed by atoms with Crippen LogP contribution in [0.15, 0.2) is 11.0 Å². The summed E-state index contributed by atoms with van der Waals surface area (Å²) < 4.78 is 0.132. The zero-order valence-electron chi connectivity index (χ0n) is 3.46. The maximum absolute atomic E-state index is 8.59. The second-order valence-electron chi connectivity index (χ2n) is 1.11. The molecule has 0 saturated carbocycles. The fraction of sp³-hybridized carbons (Fsp3) is 0. The summed E-state index contributed by atoms with van der Waals surface area (Å²) in [7, 11) is 0. The van der Waals surface area contributed by atoms with Crippen LogP contribution in [-0.2, 0) is 0 Å². The molecular weight excluding hydrogens is 159 g/mol. The van der Waals surface area contributed by atoms with Crippen LogP contribution in [0.5, 0.6) is 10.4 Å². The third kappa shape index (κ3) is 0.787. The second-order valence-corrected chi connectivity index (χ2v) is 2.99. The van der Waals surface area contributed by atoms with Crippen molar-refractivity contribution in [1.29, 1.82) is 0 Å². The Morgan fingerprint density at radius 3 is 2.29 bits per heavy atom. The van der Waals surface area contributed by atoms with Crippen LogP contribution in [-0.4, -0.2) is 24.7 Å².